The molecular weight excluding hydrogens is 511 g/mol. The smallest absolute Gasteiger partial charge is 0.115 e. The lowest BCUT2D eigenvalue weighted by molar-refractivity contribution is 0.343. The third kappa shape index (κ3) is 1.15. The highest BCUT2D eigenvalue weighted by Gasteiger charge is 2.65. The van der Waals surface area contributed by atoms with Crippen LogP contribution >= 0.6 is 0 Å². The van der Waals surface area contributed by atoms with Gasteiger partial charge in [0.05, 0.1) is 0 Å². The molecule has 9 aromatic carbocycles. The van der Waals surface area contributed by atoms with Crippen LogP contribution in [0.15, 0.2) is 42.5 Å². The van der Waals surface area contributed by atoms with Gasteiger partial charge in [0.2, 0.25) is 0 Å². The second kappa shape index (κ2) is 4.45. The number of alkyl halides is 1. The summed E-state index contributed by atoms with van der Waals surface area (Å²) in [6, 6.07) is 9.75. The first-order valence-corrected chi connectivity index (χ1v) is 16.2. The minimum atomic E-state index is -0.727. The fourth-order valence-corrected chi connectivity index (χ4v) is 14.4. The zero-order chi connectivity index (χ0) is 25.7. The van der Waals surface area contributed by atoms with Gasteiger partial charge in [-0.15, -0.1) is 0 Å². The molecule has 0 aliphatic heterocycles. The van der Waals surface area contributed by atoms with E-state index in [1.807, 2.05) is 0 Å². The maximum Gasteiger partial charge on any atom is 0.115 e. The molecule has 0 saturated heterocycles. The number of halogens is 1. The summed E-state index contributed by atoms with van der Waals surface area (Å²) < 4.78 is 16.3. The number of rotatable bonds is 0. The van der Waals surface area contributed by atoms with Gasteiger partial charge in [-0.05, 0) is 148 Å². The highest BCUT2D eigenvalue weighted by molar-refractivity contribution is 6.57. The molecule has 9 unspecified atom stereocenters. The molecule has 42 heavy (non-hydrogen) atoms. The van der Waals surface area contributed by atoms with Crippen LogP contribution in [-0.2, 0) is 0 Å². The summed E-state index contributed by atoms with van der Waals surface area (Å²) in [5, 5.41) is 27.6. The summed E-state index contributed by atoms with van der Waals surface area (Å²) in [7, 11) is 0. The number of hydrogen-bond donors (Lipinski definition) is 0. The Bertz CT molecular complexity index is 3180. The van der Waals surface area contributed by atoms with Crippen molar-refractivity contribution in [3.63, 3.8) is 0 Å². The molecule has 2 fully saturated rings. The van der Waals surface area contributed by atoms with Crippen molar-refractivity contribution in [2.75, 3.05) is 0 Å². The average Bonchev–Trinajstić information content (AvgIpc) is 3.60. The molecule has 0 amide bonds. The first-order valence-electron chi connectivity index (χ1n) is 16.2. The molecule has 2 saturated carbocycles. The topological polar surface area (TPSA) is 0 Å². The summed E-state index contributed by atoms with van der Waals surface area (Å²) in [6.45, 7) is 0. The second-order valence-electron chi connectivity index (χ2n) is 15.6. The molecule has 0 N–H and O–H groups in total. The number of benzene rings is 5. The maximum absolute atomic E-state index is 16.3. The lowest BCUT2D eigenvalue weighted by Crippen LogP contribution is -2.33. The molecule has 0 heterocycles. The normalized spacial score (nSPS) is 36.6. The van der Waals surface area contributed by atoms with Crippen LogP contribution < -0.4 is 10.4 Å². The van der Waals surface area contributed by atoms with Crippen LogP contribution in [0.3, 0.4) is 0 Å². The minimum absolute atomic E-state index is 0.0556. The quantitative estimate of drug-likeness (QED) is 0.138. The van der Waals surface area contributed by atoms with Gasteiger partial charge in [-0.2, -0.15) is 0 Å². The molecule has 188 valence electrons. The van der Waals surface area contributed by atoms with Crippen molar-refractivity contribution in [2.45, 2.75) is 23.9 Å². The number of fused-ring (bicyclic) bond motifs is 8. The third-order valence-electron chi connectivity index (χ3n) is 15.1. The Hall–Kier alpha value is -4.23. The third-order valence-corrected chi connectivity index (χ3v) is 15.1. The van der Waals surface area contributed by atoms with Gasteiger partial charge in [0, 0.05) is 29.6 Å². The van der Waals surface area contributed by atoms with Crippen molar-refractivity contribution >= 4 is 103 Å². The highest BCUT2D eigenvalue weighted by Crippen LogP contribution is 2.74. The molecule has 8 aliphatic carbocycles. The van der Waals surface area contributed by atoms with E-state index in [4.69, 9.17) is 0 Å². The van der Waals surface area contributed by atoms with E-state index < -0.39 is 6.17 Å². The molecule has 0 spiro atoms. The Kier molecular flexibility index (Phi) is 1.87. The largest absolute Gasteiger partial charge is 0.246 e. The van der Waals surface area contributed by atoms with E-state index in [0.717, 1.165) is 0 Å². The fraction of sp³-hybridized carbons (Fsp3) is 0.220. The molecule has 0 bridgehead atoms. The molecule has 0 aromatic heterocycles. The van der Waals surface area contributed by atoms with Crippen molar-refractivity contribution in [3.8, 4) is 0 Å². The summed E-state index contributed by atoms with van der Waals surface area (Å²) >= 11 is 0. The van der Waals surface area contributed by atoms with Gasteiger partial charge in [-0.25, -0.2) is 4.39 Å². The molecule has 17 rings (SSSR count). The van der Waals surface area contributed by atoms with Crippen molar-refractivity contribution < 1.29 is 4.39 Å². The van der Waals surface area contributed by atoms with Crippen LogP contribution in [0.5, 0.6) is 0 Å². The van der Waals surface area contributed by atoms with Gasteiger partial charge in [-0.3, -0.25) is 0 Å². The Labute approximate surface area is 236 Å². The standard InChI is InChI=1S/C41H17F/c42-41-39-25-15-7-5-13-11-3-1-9-10-2-4-12-14-6-8-16-24-22(14)29-20(12)18(10)27-17(9)19(11)28-21(13)23(15)30-32(25)33(26(16)40(39)41)31(24)38-36(29)34(27)35(28)37(30)38/h1-8,11,13,15,19,21,23,39-41H. The molecule has 8 aliphatic rings. The first kappa shape index (κ1) is 17.7. The predicted octanol–water partition coefficient (Wildman–Crippen LogP) is 8.19. The van der Waals surface area contributed by atoms with E-state index >= 15 is 4.39 Å². The van der Waals surface area contributed by atoms with Crippen LogP contribution in [-0.4, -0.2) is 6.17 Å². The van der Waals surface area contributed by atoms with Gasteiger partial charge < -0.3 is 0 Å². The molecule has 1 heteroatoms. The van der Waals surface area contributed by atoms with Crippen LogP contribution in [0.25, 0.3) is 103 Å². The Morgan fingerprint density at radius 2 is 1.17 bits per heavy atom. The van der Waals surface area contributed by atoms with E-state index in [0.29, 0.717) is 35.5 Å². The predicted molar refractivity (Wildman–Crippen MR) is 168 cm³/mol. The average molecular weight is 529 g/mol. The Balaban J connectivity index is 1.41. The summed E-state index contributed by atoms with van der Waals surface area (Å²) in [4.78, 5) is 0. The second-order valence-corrected chi connectivity index (χ2v) is 15.6. The van der Waals surface area contributed by atoms with Crippen molar-refractivity contribution in [3.05, 3.63) is 75.2 Å². The zero-order valence-electron chi connectivity index (χ0n) is 22.2. The molecule has 0 radical (unpaired) electrons. The number of hydrogen-bond acceptors (Lipinski definition) is 0. The van der Waals surface area contributed by atoms with Gasteiger partial charge in [-0.1, -0.05) is 48.6 Å². The van der Waals surface area contributed by atoms with Crippen molar-refractivity contribution in [1.82, 2.24) is 0 Å². The van der Waals surface area contributed by atoms with Gasteiger partial charge in [0.15, 0.2) is 0 Å². The van der Waals surface area contributed by atoms with Crippen LogP contribution in [0.2, 0.25) is 0 Å². The van der Waals surface area contributed by atoms with Gasteiger partial charge in [0.25, 0.3) is 0 Å². The molecule has 0 nitrogen and oxygen atoms in total. The lowest BCUT2D eigenvalue weighted by atomic mass is 9.64. The van der Waals surface area contributed by atoms with E-state index in [2.05, 4.69) is 48.6 Å². The Morgan fingerprint density at radius 3 is 2.07 bits per heavy atom. The fourth-order valence-electron chi connectivity index (χ4n) is 14.4. The van der Waals surface area contributed by atoms with Gasteiger partial charge >= 0.3 is 0 Å². The molecular formula is C41H17F. The van der Waals surface area contributed by atoms with Crippen LogP contribution in [0, 0.1) is 29.6 Å². The highest BCUT2D eigenvalue weighted by atomic mass is 19.1. The first-order chi connectivity index (χ1) is 20.8. The summed E-state index contributed by atoms with van der Waals surface area (Å²) in [5.41, 5.74) is 9.55. The van der Waals surface area contributed by atoms with Gasteiger partial charge in [0.1, 0.15) is 6.17 Å². The lowest BCUT2D eigenvalue weighted by Gasteiger charge is -2.38. The van der Waals surface area contributed by atoms with Crippen molar-refractivity contribution in [2.24, 2.45) is 29.6 Å². The van der Waals surface area contributed by atoms with E-state index in [-0.39, 0.29) is 11.8 Å². The van der Waals surface area contributed by atoms with Crippen LogP contribution in [0.1, 0.15) is 40.0 Å². The monoisotopic (exact) mass is 528 g/mol. The molecule has 9 atom stereocenters. The van der Waals surface area contributed by atoms with E-state index in [1.165, 1.54) is 65.2 Å². The zero-order valence-corrected chi connectivity index (χ0v) is 22.2. The molecule has 9 aromatic rings. The minimum Gasteiger partial charge on any atom is -0.246 e. The maximum atomic E-state index is 16.3. The Morgan fingerprint density at radius 1 is 0.452 bits per heavy atom. The van der Waals surface area contributed by atoms with Crippen molar-refractivity contribution in [1.29, 1.82) is 0 Å². The van der Waals surface area contributed by atoms with E-state index in [9.17, 15) is 0 Å². The summed E-state index contributed by atoms with van der Waals surface area (Å²) in [6.07, 6.45) is 9.64. The number of allylic oxidation sites excluding steroid dienone is 3. The summed E-state index contributed by atoms with van der Waals surface area (Å²) in [5.74, 6) is 3.19. The SMILES string of the molecule is FC1C2C3=c4c5c6c7c8c9c%10c(c%11ccc%12c%13ccc%14c(c4c4c%14c%13c(c%12c%119)c8c64)C12)C=CC1C%10C=7C2C1C=CC3C52. The van der Waals surface area contributed by atoms with E-state index in [1.54, 1.807) is 64.8 Å². The van der Waals surface area contributed by atoms with Crippen LogP contribution in [0.4, 0.5) is 4.39 Å².